The Morgan fingerprint density at radius 1 is 1.25 bits per heavy atom. The van der Waals surface area contributed by atoms with Gasteiger partial charge in [0.25, 0.3) is 0 Å². The van der Waals surface area contributed by atoms with Crippen molar-refractivity contribution in [1.29, 1.82) is 0 Å². The van der Waals surface area contributed by atoms with Crippen molar-refractivity contribution in [3.8, 4) is 0 Å². The summed E-state index contributed by atoms with van der Waals surface area (Å²) < 4.78 is 38.3. The third-order valence-electron chi connectivity index (χ3n) is 4.88. The van der Waals surface area contributed by atoms with Gasteiger partial charge >= 0.3 is 0 Å². The van der Waals surface area contributed by atoms with E-state index in [1.807, 2.05) is 0 Å². The topological polar surface area (TPSA) is 54.4 Å². The van der Waals surface area contributed by atoms with E-state index >= 15 is 0 Å². The zero-order valence-electron chi connectivity index (χ0n) is 11.5. The van der Waals surface area contributed by atoms with Crippen LogP contribution < -0.4 is 0 Å². The number of fused-ring (bicyclic) bond motifs is 2. The highest BCUT2D eigenvalue weighted by atomic mass is 32.2. The molecule has 5 heteroatoms. The molecule has 2 aliphatic rings. The smallest absolute Gasteiger partial charge is 0.156 e. The van der Waals surface area contributed by atoms with E-state index in [-0.39, 0.29) is 18.7 Å². The first-order valence-corrected chi connectivity index (χ1v) is 8.66. The highest BCUT2D eigenvalue weighted by Gasteiger charge is 2.51. The summed E-state index contributed by atoms with van der Waals surface area (Å²) in [5.74, 6) is -0.352. The first-order chi connectivity index (χ1) is 9.34. The number of hydrogen-bond donors (Lipinski definition) is 1. The van der Waals surface area contributed by atoms with Crippen LogP contribution in [0.5, 0.6) is 0 Å². The van der Waals surface area contributed by atoms with Gasteiger partial charge in [-0.3, -0.25) is 0 Å². The van der Waals surface area contributed by atoms with Crippen molar-refractivity contribution in [2.24, 2.45) is 0 Å². The quantitative estimate of drug-likeness (QED) is 0.866. The van der Waals surface area contributed by atoms with Crippen LogP contribution in [0.2, 0.25) is 0 Å². The number of halogens is 1. The van der Waals surface area contributed by atoms with Crippen LogP contribution in [-0.4, -0.2) is 24.0 Å². The number of hydrogen-bond acceptors (Lipinski definition) is 3. The molecule has 0 saturated carbocycles. The molecule has 2 fully saturated rings. The molecule has 2 heterocycles. The Morgan fingerprint density at radius 2 is 1.85 bits per heavy atom. The Kier molecular flexibility index (Phi) is 3.18. The SMILES string of the molecule is Cc1c(F)cccc1C1(O)CC2CCCC(C1)S2(=O)=O. The molecule has 2 unspecified atom stereocenters. The molecule has 1 aromatic carbocycles. The van der Waals surface area contributed by atoms with Crippen molar-refractivity contribution in [2.45, 2.75) is 55.1 Å². The fraction of sp³-hybridized carbons (Fsp3) is 0.600. The summed E-state index contributed by atoms with van der Waals surface area (Å²) in [5.41, 5.74) is -0.246. The van der Waals surface area contributed by atoms with E-state index < -0.39 is 25.9 Å². The van der Waals surface area contributed by atoms with Crippen LogP contribution in [0.1, 0.15) is 43.2 Å². The maximum Gasteiger partial charge on any atom is 0.156 e. The fourth-order valence-corrected chi connectivity index (χ4v) is 6.33. The Balaban J connectivity index is 2.04. The minimum Gasteiger partial charge on any atom is -0.385 e. The predicted octanol–water partition coefficient (Wildman–Crippen LogP) is 2.45. The Morgan fingerprint density at radius 3 is 2.45 bits per heavy atom. The molecule has 110 valence electrons. The van der Waals surface area contributed by atoms with Crippen LogP contribution in [-0.2, 0) is 15.4 Å². The second kappa shape index (κ2) is 4.53. The maximum absolute atomic E-state index is 13.7. The lowest BCUT2D eigenvalue weighted by Gasteiger charge is -2.44. The molecule has 0 amide bonds. The van der Waals surface area contributed by atoms with Crippen molar-refractivity contribution >= 4 is 9.84 Å². The standard InChI is InChI=1S/C15H19FO3S/c1-10-13(6-3-7-14(10)16)15(17)8-11-4-2-5-12(9-15)20(11,18)19/h3,6-7,11-12,17H,2,4-5,8-9H2,1H3. The lowest BCUT2D eigenvalue weighted by molar-refractivity contribution is 0.00415. The highest BCUT2D eigenvalue weighted by Crippen LogP contribution is 2.46. The number of sulfone groups is 1. The van der Waals surface area contributed by atoms with Crippen LogP contribution >= 0.6 is 0 Å². The van der Waals surface area contributed by atoms with Gasteiger partial charge in [-0.05, 0) is 49.8 Å². The highest BCUT2D eigenvalue weighted by molar-refractivity contribution is 7.92. The van der Waals surface area contributed by atoms with E-state index in [9.17, 15) is 17.9 Å². The third kappa shape index (κ3) is 1.99. The molecule has 2 atom stereocenters. The van der Waals surface area contributed by atoms with Crippen molar-refractivity contribution in [1.82, 2.24) is 0 Å². The second-order valence-electron chi connectivity index (χ2n) is 6.12. The molecule has 3 rings (SSSR count). The van der Waals surface area contributed by atoms with Gasteiger partial charge in [-0.15, -0.1) is 0 Å². The van der Waals surface area contributed by atoms with Crippen LogP contribution in [0.3, 0.4) is 0 Å². The summed E-state index contributed by atoms with van der Waals surface area (Å²) >= 11 is 0. The van der Waals surface area contributed by atoms with Crippen LogP contribution in [0.25, 0.3) is 0 Å². The van der Waals surface area contributed by atoms with E-state index in [2.05, 4.69) is 0 Å². The molecule has 0 aliphatic carbocycles. The maximum atomic E-state index is 13.7. The molecule has 0 radical (unpaired) electrons. The Labute approximate surface area is 118 Å². The molecular formula is C15H19FO3S. The van der Waals surface area contributed by atoms with Crippen molar-refractivity contribution in [2.75, 3.05) is 0 Å². The molecule has 3 nitrogen and oxygen atoms in total. The van der Waals surface area contributed by atoms with Crippen LogP contribution in [0.4, 0.5) is 4.39 Å². The Bertz CT molecular complexity index is 619. The molecule has 2 aliphatic heterocycles. The molecule has 1 N–H and O–H groups in total. The van der Waals surface area contributed by atoms with Crippen LogP contribution in [0, 0.1) is 12.7 Å². The molecular weight excluding hydrogens is 279 g/mol. The third-order valence-corrected chi connectivity index (χ3v) is 7.54. The van der Waals surface area contributed by atoms with Gasteiger partial charge in [-0.1, -0.05) is 18.6 Å². The fourth-order valence-electron chi connectivity index (χ4n) is 3.78. The second-order valence-corrected chi connectivity index (χ2v) is 8.63. The molecule has 20 heavy (non-hydrogen) atoms. The summed E-state index contributed by atoms with van der Waals surface area (Å²) in [6.45, 7) is 1.64. The van der Waals surface area contributed by atoms with Crippen molar-refractivity contribution < 1.29 is 17.9 Å². The van der Waals surface area contributed by atoms with E-state index in [1.165, 1.54) is 6.07 Å². The van der Waals surface area contributed by atoms with E-state index in [0.717, 1.165) is 6.42 Å². The van der Waals surface area contributed by atoms with Crippen LogP contribution in [0.15, 0.2) is 18.2 Å². The lowest BCUT2D eigenvalue weighted by atomic mass is 9.79. The first-order valence-electron chi connectivity index (χ1n) is 7.05. The summed E-state index contributed by atoms with van der Waals surface area (Å²) in [5, 5.41) is 9.99. The largest absolute Gasteiger partial charge is 0.385 e. The first kappa shape index (κ1) is 14.0. The van der Waals surface area contributed by atoms with Gasteiger partial charge in [0.1, 0.15) is 5.82 Å². The zero-order valence-corrected chi connectivity index (χ0v) is 12.3. The molecule has 0 spiro atoms. The summed E-state index contributed by atoms with van der Waals surface area (Å²) in [7, 11) is -3.12. The van der Waals surface area contributed by atoms with Gasteiger partial charge in [0.05, 0.1) is 16.1 Å². The van der Waals surface area contributed by atoms with Crippen molar-refractivity contribution in [3.63, 3.8) is 0 Å². The number of benzene rings is 1. The summed E-state index contributed by atoms with van der Waals surface area (Å²) in [6.07, 6.45) is 2.49. The lowest BCUT2D eigenvalue weighted by Crippen LogP contribution is -2.50. The zero-order chi connectivity index (χ0) is 14.5. The molecule has 2 saturated heterocycles. The van der Waals surface area contributed by atoms with E-state index in [1.54, 1.807) is 19.1 Å². The van der Waals surface area contributed by atoms with Gasteiger partial charge < -0.3 is 5.11 Å². The van der Waals surface area contributed by atoms with E-state index in [0.29, 0.717) is 24.0 Å². The number of aliphatic hydroxyl groups is 1. The predicted molar refractivity (Wildman–Crippen MR) is 74.6 cm³/mol. The average Bonchev–Trinajstić information content (AvgIpc) is 2.35. The van der Waals surface area contributed by atoms with Gasteiger partial charge in [0.15, 0.2) is 9.84 Å². The summed E-state index contributed by atoms with van der Waals surface area (Å²) in [6, 6.07) is 4.66. The minimum atomic E-state index is -3.12. The monoisotopic (exact) mass is 298 g/mol. The molecule has 2 bridgehead atoms. The Hall–Kier alpha value is -0.940. The normalized spacial score (nSPS) is 35.8. The van der Waals surface area contributed by atoms with Gasteiger partial charge in [0, 0.05) is 0 Å². The minimum absolute atomic E-state index is 0.191. The van der Waals surface area contributed by atoms with E-state index in [4.69, 9.17) is 0 Å². The van der Waals surface area contributed by atoms with Crippen molar-refractivity contribution in [3.05, 3.63) is 35.1 Å². The number of rotatable bonds is 1. The average molecular weight is 298 g/mol. The molecule has 0 aromatic heterocycles. The summed E-state index contributed by atoms with van der Waals surface area (Å²) in [4.78, 5) is 0. The molecule has 1 aromatic rings. The van der Waals surface area contributed by atoms with Gasteiger partial charge in [-0.2, -0.15) is 0 Å². The van der Waals surface area contributed by atoms with Gasteiger partial charge in [-0.25, -0.2) is 12.8 Å². The van der Waals surface area contributed by atoms with Gasteiger partial charge in [0.2, 0.25) is 0 Å².